The van der Waals surface area contributed by atoms with Crippen LogP contribution in [-0.4, -0.2) is 70.9 Å². The summed E-state index contributed by atoms with van der Waals surface area (Å²) < 4.78 is 15.7. The van der Waals surface area contributed by atoms with E-state index >= 15 is 0 Å². The minimum Gasteiger partial charge on any atom is -0.462 e. The van der Waals surface area contributed by atoms with Crippen molar-refractivity contribution in [3.05, 3.63) is 35.9 Å². The number of aliphatic hydroxyl groups is 3. The lowest BCUT2D eigenvalue weighted by atomic mass is 9.93. The Bertz CT molecular complexity index is 841. The Morgan fingerprint density at radius 3 is 2.06 bits per heavy atom. The van der Waals surface area contributed by atoms with Crippen molar-refractivity contribution in [2.24, 2.45) is 23.7 Å². The van der Waals surface area contributed by atoms with Crippen LogP contribution in [0.3, 0.4) is 0 Å². The molecule has 9 heteroatoms. The van der Waals surface area contributed by atoms with Crippen LogP contribution in [0.2, 0.25) is 0 Å². The molecule has 2 heterocycles. The summed E-state index contributed by atoms with van der Waals surface area (Å²) in [4.78, 5) is 34.1. The molecule has 1 aromatic rings. The molecule has 0 bridgehead atoms. The first-order chi connectivity index (χ1) is 15.4. The van der Waals surface area contributed by atoms with Gasteiger partial charge in [-0.2, -0.15) is 0 Å². The van der Waals surface area contributed by atoms with Crippen LogP contribution in [0.4, 0.5) is 0 Å². The van der Waals surface area contributed by atoms with Gasteiger partial charge in [-0.3, -0.25) is 9.59 Å². The molecule has 2 saturated carbocycles. The summed E-state index contributed by atoms with van der Waals surface area (Å²) in [5.74, 6) is -1.22. The first-order valence-corrected chi connectivity index (χ1v) is 11.0. The van der Waals surface area contributed by atoms with Crippen LogP contribution in [-0.2, 0) is 23.8 Å². The van der Waals surface area contributed by atoms with Crippen LogP contribution in [0.15, 0.2) is 30.3 Å². The highest BCUT2D eigenvalue weighted by molar-refractivity contribution is 5.89. The van der Waals surface area contributed by atoms with Gasteiger partial charge in [-0.05, 0) is 12.1 Å². The van der Waals surface area contributed by atoms with Crippen LogP contribution in [0, 0.1) is 23.7 Å². The van der Waals surface area contributed by atoms with Crippen molar-refractivity contribution < 1.29 is 43.9 Å². The number of hydrogen-bond acceptors (Lipinski definition) is 9. The monoisotopic (exact) mass is 448 g/mol. The van der Waals surface area contributed by atoms with E-state index in [9.17, 15) is 24.6 Å². The van der Waals surface area contributed by atoms with Gasteiger partial charge in [-0.15, -0.1) is 0 Å². The van der Waals surface area contributed by atoms with E-state index < -0.39 is 18.2 Å². The van der Waals surface area contributed by atoms with Gasteiger partial charge in [0.05, 0.1) is 24.5 Å². The molecular weight excluding hydrogens is 420 g/mol. The number of ether oxygens (including phenoxy) is 3. The highest BCUT2D eigenvalue weighted by Crippen LogP contribution is 2.43. The molecule has 0 spiro atoms. The number of benzene rings is 1. The second kappa shape index (κ2) is 9.56. The molecule has 4 aliphatic rings. The summed E-state index contributed by atoms with van der Waals surface area (Å²) in [7, 11) is 0. The van der Waals surface area contributed by atoms with Gasteiger partial charge in [0.25, 0.3) is 0 Å². The van der Waals surface area contributed by atoms with E-state index in [1.807, 2.05) is 6.07 Å². The molecule has 3 N–H and O–H groups in total. The molecular formula is C23H28O9. The molecule has 32 heavy (non-hydrogen) atoms. The Morgan fingerprint density at radius 1 is 0.906 bits per heavy atom. The fraction of sp³-hybridized carbons (Fsp3) is 0.609. The van der Waals surface area contributed by atoms with Crippen molar-refractivity contribution in [2.45, 2.75) is 50.1 Å². The maximum atomic E-state index is 12.0. The van der Waals surface area contributed by atoms with Gasteiger partial charge in [0.15, 0.2) is 0 Å². The molecule has 0 amide bonds. The van der Waals surface area contributed by atoms with Crippen LogP contribution >= 0.6 is 0 Å². The maximum Gasteiger partial charge on any atom is 0.338 e. The molecule has 8 atom stereocenters. The number of esters is 3. The number of hydrogen-bond donors (Lipinski definition) is 3. The Labute approximate surface area is 185 Å². The summed E-state index contributed by atoms with van der Waals surface area (Å²) in [6, 6.07) is 8.74. The average molecular weight is 448 g/mol. The van der Waals surface area contributed by atoms with Crippen LogP contribution < -0.4 is 0 Å². The van der Waals surface area contributed by atoms with E-state index in [1.165, 1.54) is 0 Å². The number of rotatable bonds is 4. The van der Waals surface area contributed by atoms with Gasteiger partial charge in [0.1, 0.15) is 18.3 Å². The third-order valence-corrected chi connectivity index (χ3v) is 7.03. The van der Waals surface area contributed by atoms with Gasteiger partial charge in [-0.25, -0.2) is 4.79 Å². The number of carbonyl (C=O) groups is 3. The molecule has 4 fully saturated rings. The zero-order valence-corrected chi connectivity index (χ0v) is 17.5. The quantitative estimate of drug-likeness (QED) is 0.442. The summed E-state index contributed by atoms with van der Waals surface area (Å²) in [6.07, 6.45) is 0.344. The van der Waals surface area contributed by atoms with E-state index in [-0.39, 0.29) is 61.0 Å². The second-order valence-electron chi connectivity index (χ2n) is 8.83. The first-order valence-electron chi connectivity index (χ1n) is 11.0. The number of fused-ring (bicyclic) bond motifs is 2. The zero-order chi connectivity index (χ0) is 22.8. The smallest absolute Gasteiger partial charge is 0.338 e. The lowest BCUT2D eigenvalue weighted by Crippen LogP contribution is -2.28. The maximum absolute atomic E-state index is 12.0. The Hall–Kier alpha value is -2.49. The molecule has 0 aromatic heterocycles. The zero-order valence-electron chi connectivity index (χ0n) is 17.5. The van der Waals surface area contributed by atoms with E-state index in [4.69, 9.17) is 19.3 Å². The third kappa shape index (κ3) is 4.51. The van der Waals surface area contributed by atoms with E-state index in [1.54, 1.807) is 24.3 Å². The Balaban J connectivity index is 0.000000174. The fourth-order valence-electron chi connectivity index (χ4n) is 5.36. The molecule has 9 nitrogen and oxygen atoms in total. The van der Waals surface area contributed by atoms with Gasteiger partial charge < -0.3 is 29.5 Å². The Morgan fingerprint density at radius 2 is 1.47 bits per heavy atom. The van der Waals surface area contributed by atoms with Gasteiger partial charge in [-0.1, -0.05) is 18.2 Å². The highest BCUT2D eigenvalue weighted by Gasteiger charge is 2.51. The molecule has 0 radical (unpaired) electrons. The summed E-state index contributed by atoms with van der Waals surface area (Å²) >= 11 is 0. The minimum absolute atomic E-state index is 0.0394. The van der Waals surface area contributed by atoms with Gasteiger partial charge in [0.2, 0.25) is 0 Å². The first kappa shape index (κ1) is 22.7. The lowest BCUT2D eigenvalue weighted by Gasteiger charge is -2.20. The molecule has 5 rings (SSSR count). The van der Waals surface area contributed by atoms with Crippen molar-refractivity contribution in [2.75, 3.05) is 13.2 Å². The van der Waals surface area contributed by atoms with Crippen molar-refractivity contribution >= 4 is 17.9 Å². The average Bonchev–Trinajstić information content (AvgIpc) is 3.47. The molecule has 2 saturated heterocycles. The molecule has 2 aliphatic carbocycles. The van der Waals surface area contributed by atoms with Crippen LogP contribution in [0.25, 0.3) is 0 Å². The van der Waals surface area contributed by atoms with Crippen molar-refractivity contribution in [1.82, 2.24) is 0 Å². The minimum atomic E-state index is -0.502. The summed E-state index contributed by atoms with van der Waals surface area (Å²) in [5.41, 5.74) is 0.484. The fourth-order valence-corrected chi connectivity index (χ4v) is 5.36. The normalized spacial score (nSPS) is 37.1. The summed E-state index contributed by atoms with van der Waals surface area (Å²) in [6.45, 7) is -0.163. The molecule has 2 aliphatic heterocycles. The summed E-state index contributed by atoms with van der Waals surface area (Å²) in [5, 5.41) is 27.9. The molecule has 0 unspecified atom stereocenters. The van der Waals surface area contributed by atoms with Gasteiger partial charge in [0, 0.05) is 49.7 Å². The topological polar surface area (TPSA) is 140 Å². The van der Waals surface area contributed by atoms with E-state index in [2.05, 4.69) is 0 Å². The van der Waals surface area contributed by atoms with Crippen LogP contribution in [0.5, 0.6) is 0 Å². The van der Waals surface area contributed by atoms with E-state index in [0.717, 1.165) is 0 Å². The predicted octanol–water partition coefficient (Wildman–Crippen LogP) is 0.447. The van der Waals surface area contributed by atoms with E-state index in [0.29, 0.717) is 31.2 Å². The van der Waals surface area contributed by atoms with Crippen molar-refractivity contribution in [3.63, 3.8) is 0 Å². The number of carbonyl (C=O) groups excluding carboxylic acids is 3. The van der Waals surface area contributed by atoms with Crippen molar-refractivity contribution in [3.8, 4) is 0 Å². The van der Waals surface area contributed by atoms with Gasteiger partial charge >= 0.3 is 17.9 Å². The third-order valence-electron chi connectivity index (χ3n) is 7.03. The lowest BCUT2D eigenvalue weighted by molar-refractivity contribution is -0.143. The standard InChI is InChI=1S/C15H16O5.C8H12O4/c16-8-11-10-6-14(17)19-12(10)7-13(11)20-15(18)9-4-2-1-3-5-9;9-3-5-4-1-8(11)12-7(4)2-6(5)10/h1-5,10-13,16H,6-8H2;4-7,9-10H,1-3H2/t10-,11-,12+,13-;4-,5-,6-,7+/m11/s1. The van der Waals surface area contributed by atoms with Crippen LogP contribution in [0.1, 0.15) is 36.0 Å². The highest BCUT2D eigenvalue weighted by atomic mass is 16.6. The predicted molar refractivity (Wildman–Crippen MR) is 108 cm³/mol. The second-order valence-corrected chi connectivity index (χ2v) is 8.83. The van der Waals surface area contributed by atoms with Crippen molar-refractivity contribution in [1.29, 1.82) is 0 Å². The SMILES string of the molecule is O=C1C[C@@H]2[C@@H](CO)[C@H](O)C[C@@H]2O1.O=C1C[C@@H]2[C@@H](CO)[C@H](OC(=O)c3ccccc3)C[C@@H]2O1. The molecule has 174 valence electrons. The largest absolute Gasteiger partial charge is 0.462 e. The Kier molecular flexibility index (Phi) is 6.78. The number of aliphatic hydroxyl groups excluding tert-OH is 3. The molecule has 1 aromatic carbocycles.